The number of urea groups is 1. The summed E-state index contributed by atoms with van der Waals surface area (Å²) in [6.07, 6.45) is 0. The lowest BCUT2D eigenvalue weighted by molar-refractivity contribution is 0.249. The van der Waals surface area contributed by atoms with Gasteiger partial charge < -0.3 is 21.1 Å². The zero-order valence-corrected chi connectivity index (χ0v) is 9.63. The molecule has 1 aromatic carbocycles. The maximum atomic E-state index is 13.7. The molecule has 5 nitrogen and oxygen atoms in total. The van der Waals surface area contributed by atoms with Gasteiger partial charge in [0.2, 0.25) is 0 Å². The second kappa shape index (κ2) is 6.70. The third kappa shape index (κ3) is 4.28. The second-order valence-electron chi connectivity index (χ2n) is 3.40. The third-order valence-electron chi connectivity index (χ3n) is 2.18. The Balaban J connectivity index is 2.39. The fraction of sp³-hybridized carbons (Fsp3) is 0.364. The Morgan fingerprint density at radius 3 is 2.88 bits per heavy atom. The molecule has 17 heavy (non-hydrogen) atoms. The Morgan fingerprint density at radius 1 is 1.47 bits per heavy atom. The lowest BCUT2D eigenvalue weighted by atomic mass is 10.2. The summed E-state index contributed by atoms with van der Waals surface area (Å²) in [6.45, 7) is 1.28. The molecule has 6 heteroatoms. The fourth-order valence-electron chi connectivity index (χ4n) is 1.35. The topological polar surface area (TPSA) is 76.4 Å². The van der Waals surface area contributed by atoms with Crippen molar-refractivity contribution in [2.45, 2.75) is 6.54 Å². The first-order chi connectivity index (χ1) is 8.15. The van der Waals surface area contributed by atoms with Crippen LogP contribution in [0, 0.1) is 5.82 Å². The number of hydrogen-bond donors (Lipinski definition) is 3. The van der Waals surface area contributed by atoms with Gasteiger partial charge in [-0.3, -0.25) is 0 Å². The van der Waals surface area contributed by atoms with Crippen molar-refractivity contribution in [1.29, 1.82) is 0 Å². The first kappa shape index (κ1) is 13.2. The lowest BCUT2D eigenvalue weighted by Crippen LogP contribution is -2.35. The van der Waals surface area contributed by atoms with Gasteiger partial charge in [0, 0.05) is 25.2 Å². The van der Waals surface area contributed by atoms with E-state index in [0.717, 1.165) is 0 Å². The minimum atomic E-state index is -0.570. The molecule has 0 radical (unpaired) electrons. The van der Waals surface area contributed by atoms with Crippen LogP contribution in [0.1, 0.15) is 5.56 Å². The molecule has 0 fully saturated rings. The van der Waals surface area contributed by atoms with Gasteiger partial charge in [-0.15, -0.1) is 0 Å². The first-order valence-electron chi connectivity index (χ1n) is 5.20. The van der Waals surface area contributed by atoms with Crippen LogP contribution in [-0.4, -0.2) is 26.2 Å². The van der Waals surface area contributed by atoms with Crippen molar-refractivity contribution < 1.29 is 13.9 Å². The van der Waals surface area contributed by atoms with Gasteiger partial charge in [-0.25, -0.2) is 9.18 Å². The van der Waals surface area contributed by atoms with Crippen LogP contribution >= 0.6 is 0 Å². The second-order valence-corrected chi connectivity index (χ2v) is 3.40. The average Bonchev–Trinajstić information content (AvgIpc) is 2.30. The number of primary amides is 1. The Hall–Kier alpha value is -1.82. The van der Waals surface area contributed by atoms with Crippen LogP contribution in [0.3, 0.4) is 0 Å². The number of rotatable bonds is 6. The summed E-state index contributed by atoms with van der Waals surface area (Å²) in [5, 5.41) is 5.41. The Morgan fingerprint density at radius 2 is 2.24 bits per heavy atom. The van der Waals surface area contributed by atoms with Crippen LogP contribution in [0.15, 0.2) is 18.2 Å². The van der Waals surface area contributed by atoms with Crippen molar-refractivity contribution >= 4 is 6.03 Å². The van der Waals surface area contributed by atoms with E-state index < -0.39 is 6.03 Å². The molecule has 0 saturated heterocycles. The molecule has 0 atom stereocenters. The lowest BCUT2D eigenvalue weighted by Gasteiger charge is -2.08. The number of nitrogens with two attached hydrogens (primary N) is 1. The highest BCUT2D eigenvalue weighted by Gasteiger charge is 2.07. The van der Waals surface area contributed by atoms with E-state index in [9.17, 15) is 9.18 Å². The van der Waals surface area contributed by atoms with Gasteiger partial charge in [0.25, 0.3) is 0 Å². The van der Waals surface area contributed by atoms with Gasteiger partial charge in [0.1, 0.15) is 0 Å². The fourth-order valence-corrected chi connectivity index (χ4v) is 1.35. The van der Waals surface area contributed by atoms with Crippen LogP contribution in [0.5, 0.6) is 5.75 Å². The van der Waals surface area contributed by atoms with Crippen LogP contribution in [-0.2, 0) is 6.54 Å². The predicted octanol–water partition coefficient (Wildman–Crippen LogP) is 0.592. The van der Waals surface area contributed by atoms with E-state index >= 15 is 0 Å². The number of carbonyl (C=O) groups excluding carboxylic acids is 1. The monoisotopic (exact) mass is 241 g/mol. The SMILES string of the molecule is COc1cccc(CNCCNC(N)=O)c1F. The number of nitrogens with one attached hydrogen (secondary N) is 2. The minimum absolute atomic E-state index is 0.222. The smallest absolute Gasteiger partial charge is 0.312 e. The summed E-state index contributed by atoms with van der Waals surface area (Å²) in [5.74, 6) is -0.148. The third-order valence-corrected chi connectivity index (χ3v) is 2.18. The van der Waals surface area contributed by atoms with E-state index in [2.05, 4.69) is 10.6 Å². The Labute approximate surface area is 99.1 Å². The van der Waals surface area contributed by atoms with Crippen molar-refractivity contribution in [2.75, 3.05) is 20.2 Å². The molecule has 0 spiro atoms. The van der Waals surface area contributed by atoms with Gasteiger partial charge >= 0.3 is 6.03 Å². The summed E-state index contributed by atoms with van der Waals surface area (Å²) in [4.78, 5) is 10.4. The summed E-state index contributed by atoms with van der Waals surface area (Å²) >= 11 is 0. The molecule has 0 aliphatic rings. The molecule has 4 N–H and O–H groups in total. The normalized spacial score (nSPS) is 10.0. The van der Waals surface area contributed by atoms with Crippen molar-refractivity contribution in [3.8, 4) is 5.75 Å². The molecule has 0 unspecified atom stereocenters. The van der Waals surface area contributed by atoms with E-state index in [1.165, 1.54) is 7.11 Å². The van der Waals surface area contributed by atoms with E-state index in [1.54, 1.807) is 18.2 Å². The highest BCUT2D eigenvalue weighted by molar-refractivity contribution is 5.71. The molecular formula is C11H16FN3O2. The average molecular weight is 241 g/mol. The molecule has 0 aromatic heterocycles. The van der Waals surface area contributed by atoms with Crippen LogP contribution in [0.25, 0.3) is 0 Å². The van der Waals surface area contributed by atoms with E-state index in [1.807, 2.05) is 0 Å². The summed E-state index contributed by atoms with van der Waals surface area (Å²) in [6, 6.07) is 4.39. The number of methoxy groups -OCH3 is 1. The van der Waals surface area contributed by atoms with Crippen molar-refractivity contribution in [3.05, 3.63) is 29.6 Å². The molecule has 0 saturated carbocycles. The maximum absolute atomic E-state index is 13.7. The standard InChI is InChI=1S/C11H16FN3O2/c1-17-9-4-2-3-8(10(9)12)7-14-5-6-15-11(13)16/h2-4,14H,5-7H2,1H3,(H3,13,15,16). The number of ether oxygens (including phenoxy) is 1. The number of halogens is 1. The molecule has 2 amide bonds. The maximum Gasteiger partial charge on any atom is 0.312 e. The highest BCUT2D eigenvalue weighted by atomic mass is 19.1. The molecule has 0 aliphatic carbocycles. The van der Waals surface area contributed by atoms with Crippen LogP contribution < -0.4 is 21.1 Å². The number of carbonyl (C=O) groups is 1. The molecule has 1 rings (SSSR count). The highest BCUT2D eigenvalue weighted by Crippen LogP contribution is 2.19. The quantitative estimate of drug-likeness (QED) is 0.638. The summed E-state index contributed by atoms with van der Waals surface area (Å²) in [7, 11) is 1.42. The van der Waals surface area contributed by atoms with E-state index in [4.69, 9.17) is 10.5 Å². The molecule has 1 aromatic rings. The first-order valence-corrected chi connectivity index (χ1v) is 5.20. The molecule has 0 aliphatic heterocycles. The molecular weight excluding hydrogens is 225 g/mol. The number of benzene rings is 1. The number of hydrogen-bond acceptors (Lipinski definition) is 3. The Kier molecular flexibility index (Phi) is 5.22. The van der Waals surface area contributed by atoms with E-state index in [-0.39, 0.29) is 11.6 Å². The van der Waals surface area contributed by atoms with Gasteiger partial charge in [0.05, 0.1) is 7.11 Å². The summed E-state index contributed by atoms with van der Waals surface area (Å²) < 4.78 is 18.5. The van der Waals surface area contributed by atoms with Gasteiger partial charge in [-0.05, 0) is 6.07 Å². The van der Waals surface area contributed by atoms with Crippen LogP contribution in [0.2, 0.25) is 0 Å². The minimum Gasteiger partial charge on any atom is -0.494 e. The van der Waals surface area contributed by atoms with Crippen molar-refractivity contribution in [2.24, 2.45) is 5.73 Å². The molecule has 94 valence electrons. The molecule has 0 heterocycles. The summed E-state index contributed by atoms with van der Waals surface area (Å²) in [5.41, 5.74) is 5.41. The molecule has 0 bridgehead atoms. The number of amides is 2. The largest absolute Gasteiger partial charge is 0.494 e. The van der Waals surface area contributed by atoms with Crippen LogP contribution in [0.4, 0.5) is 9.18 Å². The zero-order valence-electron chi connectivity index (χ0n) is 9.63. The van der Waals surface area contributed by atoms with Gasteiger partial charge in [-0.2, -0.15) is 0 Å². The van der Waals surface area contributed by atoms with Gasteiger partial charge in [0.15, 0.2) is 11.6 Å². The van der Waals surface area contributed by atoms with Gasteiger partial charge in [-0.1, -0.05) is 12.1 Å². The van der Waals surface area contributed by atoms with Crippen molar-refractivity contribution in [3.63, 3.8) is 0 Å². The Bertz CT molecular complexity index is 385. The zero-order chi connectivity index (χ0) is 12.7. The predicted molar refractivity (Wildman–Crippen MR) is 62.2 cm³/mol. The van der Waals surface area contributed by atoms with Crippen molar-refractivity contribution in [1.82, 2.24) is 10.6 Å². The van der Waals surface area contributed by atoms with E-state index in [0.29, 0.717) is 25.2 Å².